The number of rotatable bonds is 3. The minimum absolute atomic E-state index is 0.253. The Hall–Kier alpha value is -1.31. The van der Waals surface area contributed by atoms with Gasteiger partial charge in [0.05, 0.1) is 0 Å². The van der Waals surface area contributed by atoms with Crippen LogP contribution in [-0.4, -0.2) is 12.8 Å². The van der Waals surface area contributed by atoms with E-state index in [9.17, 15) is 4.79 Å². The first kappa shape index (κ1) is 11.2. The van der Waals surface area contributed by atoms with Crippen LogP contribution in [0, 0.1) is 5.92 Å². The minimum Gasteiger partial charge on any atom is -0.388 e. The second-order valence-corrected chi connectivity index (χ2v) is 4.49. The van der Waals surface area contributed by atoms with Crippen molar-refractivity contribution in [1.82, 2.24) is 0 Å². The van der Waals surface area contributed by atoms with Gasteiger partial charge < -0.3 is 5.32 Å². The smallest absolute Gasteiger partial charge is 0.168 e. The highest BCUT2D eigenvalue weighted by Crippen LogP contribution is 2.29. The molecule has 0 heterocycles. The summed E-state index contributed by atoms with van der Waals surface area (Å²) in [4.78, 5) is 12.3. The Bertz CT molecular complexity index is 367. The average molecular weight is 217 g/mol. The molecule has 1 saturated carbocycles. The van der Waals surface area contributed by atoms with E-state index in [0.29, 0.717) is 5.78 Å². The van der Waals surface area contributed by atoms with Gasteiger partial charge in [-0.3, -0.25) is 4.79 Å². The summed E-state index contributed by atoms with van der Waals surface area (Å²) in [5, 5.41) is 3.09. The van der Waals surface area contributed by atoms with Crippen molar-refractivity contribution in [1.29, 1.82) is 0 Å². The summed E-state index contributed by atoms with van der Waals surface area (Å²) in [5.41, 5.74) is 1.81. The number of carbonyl (C=O) groups is 1. The molecule has 0 amide bonds. The van der Waals surface area contributed by atoms with Crippen LogP contribution >= 0.6 is 0 Å². The van der Waals surface area contributed by atoms with Gasteiger partial charge in [0.2, 0.25) is 0 Å². The number of carbonyl (C=O) groups excluding carboxylic acids is 1. The second-order valence-electron chi connectivity index (χ2n) is 4.49. The largest absolute Gasteiger partial charge is 0.388 e. The Morgan fingerprint density at radius 3 is 2.56 bits per heavy atom. The molecule has 2 nitrogen and oxygen atoms in total. The molecule has 1 fully saturated rings. The standard InChI is InChI=1S/C14H19NO/c1-15-13-10-6-5-9-12(13)14(16)11-7-3-2-4-8-11/h5-6,9-11,15H,2-4,7-8H2,1H3. The molecule has 0 radical (unpaired) electrons. The lowest BCUT2D eigenvalue weighted by atomic mass is 9.83. The number of Topliss-reactive ketones (excluding diaryl/α,β-unsaturated/α-hetero) is 1. The van der Waals surface area contributed by atoms with E-state index >= 15 is 0 Å². The normalized spacial score (nSPS) is 17.1. The average Bonchev–Trinajstić information content (AvgIpc) is 2.39. The molecule has 0 atom stereocenters. The van der Waals surface area contributed by atoms with Gasteiger partial charge in [-0.25, -0.2) is 0 Å². The van der Waals surface area contributed by atoms with Crippen LogP contribution in [0.4, 0.5) is 5.69 Å². The SMILES string of the molecule is CNc1ccccc1C(=O)C1CCCCC1. The summed E-state index contributed by atoms with van der Waals surface area (Å²) in [7, 11) is 1.87. The summed E-state index contributed by atoms with van der Waals surface area (Å²) in [6.45, 7) is 0. The van der Waals surface area contributed by atoms with Gasteiger partial charge in [0.25, 0.3) is 0 Å². The Balaban J connectivity index is 2.19. The van der Waals surface area contributed by atoms with Crippen LogP contribution in [0.15, 0.2) is 24.3 Å². The molecule has 0 aliphatic heterocycles. The van der Waals surface area contributed by atoms with Gasteiger partial charge in [-0.2, -0.15) is 0 Å². The van der Waals surface area contributed by atoms with Crippen LogP contribution in [0.3, 0.4) is 0 Å². The van der Waals surface area contributed by atoms with Crippen molar-refractivity contribution in [3.63, 3.8) is 0 Å². The zero-order valence-electron chi connectivity index (χ0n) is 9.83. The van der Waals surface area contributed by atoms with Crippen molar-refractivity contribution >= 4 is 11.5 Å². The third-order valence-electron chi connectivity index (χ3n) is 3.44. The van der Waals surface area contributed by atoms with E-state index in [2.05, 4.69) is 5.32 Å². The maximum absolute atomic E-state index is 12.3. The van der Waals surface area contributed by atoms with Gasteiger partial charge in [0.15, 0.2) is 5.78 Å². The lowest BCUT2D eigenvalue weighted by molar-refractivity contribution is 0.0890. The van der Waals surface area contributed by atoms with Crippen LogP contribution < -0.4 is 5.32 Å². The molecule has 1 aliphatic carbocycles. The molecule has 1 aromatic carbocycles. The molecular formula is C14H19NO. The number of nitrogens with one attached hydrogen (secondary N) is 1. The number of ketones is 1. The van der Waals surface area contributed by atoms with Crippen molar-refractivity contribution in [3.05, 3.63) is 29.8 Å². The molecule has 2 rings (SSSR count). The van der Waals surface area contributed by atoms with E-state index in [1.807, 2.05) is 31.3 Å². The van der Waals surface area contributed by atoms with Crippen molar-refractivity contribution in [2.45, 2.75) is 32.1 Å². The van der Waals surface area contributed by atoms with Crippen LogP contribution in [0.25, 0.3) is 0 Å². The van der Waals surface area contributed by atoms with E-state index in [-0.39, 0.29) is 5.92 Å². The maximum atomic E-state index is 12.3. The molecule has 0 aromatic heterocycles. The first-order valence-corrected chi connectivity index (χ1v) is 6.14. The van der Waals surface area contributed by atoms with E-state index in [0.717, 1.165) is 24.1 Å². The minimum atomic E-state index is 0.253. The van der Waals surface area contributed by atoms with Crippen molar-refractivity contribution < 1.29 is 4.79 Å². The number of benzene rings is 1. The van der Waals surface area contributed by atoms with Crippen molar-refractivity contribution in [3.8, 4) is 0 Å². The highest BCUT2D eigenvalue weighted by atomic mass is 16.1. The quantitative estimate of drug-likeness (QED) is 0.785. The summed E-state index contributed by atoms with van der Waals surface area (Å²) >= 11 is 0. The predicted octanol–water partition coefficient (Wildman–Crippen LogP) is 3.49. The monoisotopic (exact) mass is 217 g/mol. The van der Waals surface area contributed by atoms with Crippen LogP contribution in [0.1, 0.15) is 42.5 Å². The molecule has 16 heavy (non-hydrogen) atoms. The molecular weight excluding hydrogens is 198 g/mol. The van der Waals surface area contributed by atoms with Gasteiger partial charge in [0.1, 0.15) is 0 Å². The van der Waals surface area contributed by atoms with Crippen molar-refractivity contribution in [2.75, 3.05) is 12.4 Å². The summed E-state index contributed by atoms with van der Waals surface area (Å²) in [5.74, 6) is 0.577. The number of para-hydroxylation sites is 1. The van der Waals surface area contributed by atoms with Crippen LogP contribution in [-0.2, 0) is 0 Å². The highest BCUT2D eigenvalue weighted by Gasteiger charge is 2.23. The van der Waals surface area contributed by atoms with Crippen LogP contribution in [0.2, 0.25) is 0 Å². The molecule has 0 saturated heterocycles. The van der Waals surface area contributed by atoms with E-state index < -0.39 is 0 Å². The zero-order chi connectivity index (χ0) is 11.4. The topological polar surface area (TPSA) is 29.1 Å². The second kappa shape index (κ2) is 5.15. The lowest BCUT2D eigenvalue weighted by Gasteiger charge is -2.21. The van der Waals surface area contributed by atoms with Gasteiger partial charge in [-0.05, 0) is 25.0 Å². The van der Waals surface area contributed by atoms with E-state index in [1.54, 1.807) is 0 Å². The van der Waals surface area contributed by atoms with Gasteiger partial charge in [-0.15, -0.1) is 0 Å². The molecule has 1 N–H and O–H groups in total. The Kier molecular flexibility index (Phi) is 3.60. The molecule has 1 aromatic rings. The summed E-state index contributed by atoms with van der Waals surface area (Å²) < 4.78 is 0. The Morgan fingerprint density at radius 2 is 1.88 bits per heavy atom. The number of anilines is 1. The third-order valence-corrected chi connectivity index (χ3v) is 3.44. The molecule has 0 unspecified atom stereocenters. The first-order chi connectivity index (χ1) is 7.83. The maximum Gasteiger partial charge on any atom is 0.168 e. The number of hydrogen-bond acceptors (Lipinski definition) is 2. The lowest BCUT2D eigenvalue weighted by Crippen LogP contribution is -2.18. The fourth-order valence-corrected chi connectivity index (χ4v) is 2.50. The predicted molar refractivity (Wildman–Crippen MR) is 66.9 cm³/mol. The van der Waals surface area contributed by atoms with E-state index in [4.69, 9.17) is 0 Å². The van der Waals surface area contributed by atoms with Gasteiger partial charge in [0, 0.05) is 24.2 Å². The Morgan fingerprint density at radius 1 is 1.19 bits per heavy atom. The summed E-state index contributed by atoms with van der Waals surface area (Å²) in [6.07, 6.45) is 5.83. The molecule has 2 heteroatoms. The molecule has 0 bridgehead atoms. The molecule has 1 aliphatic rings. The first-order valence-electron chi connectivity index (χ1n) is 6.14. The van der Waals surface area contributed by atoms with Gasteiger partial charge in [-0.1, -0.05) is 31.4 Å². The van der Waals surface area contributed by atoms with Crippen molar-refractivity contribution in [2.24, 2.45) is 5.92 Å². The van der Waals surface area contributed by atoms with Gasteiger partial charge >= 0.3 is 0 Å². The highest BCUT2D eigenvalue weighted by molar-refractivity contribution is 6.02. The van der Waals surface area contributed by atoms with E-state index in [1.165, 1.54) is 19.3 Å². The zero-order valence-corrected chi connectivity index (χ0v) is 9.83. The Labute approximate surface area is 97.1 Å². The summed E-state index contributed by atoms with van der Waals surface area (Å²) in [6, 6.07) is 7.80. The fourth-order valence-electron chi connectivity index (χ4n) is 2.50. The third kappa shape index (κ3) is 2.26. The molecule has 86 valence electrons. The fraction of sp³-hybridized carbons (Fsp3) is 0.500. The molecule has 0 spiro atoms. The van der Waals surface area contributed by atoms with Crippen LogP contribution in [0.5, 0.6) is 0 Å². The number of hydrogen-bond donors (Lipinski definition) is 1.